The first-order valence-corrected chi connectivity index (χ1v) is 5.59. The van der Waals surface area contributed by atoms with E-state index in [4.69, 9.17) is 5.73 Å². The summed E-state index contributed by atoms with van der Waals surface area (Å²) in [5.74, 6) is -0.0756. The second-order valence-corrected chi connectivity index (χ2v) is 4.15. The summed E-state index contributed by atoms with van der Waals surface area (Å²) in [4.78, 5) is 13.2. The number of rotatable bonds is 2. The summed E-state index contributed by atoms with van der Waals surface area (Å²) >= 11 is 0. The number of amides is 1. The van der Waals surface area contributed by atoms with Crippen LogP contribution in [0.25, 0.3) is 0 Å². The third-order valence-electron chi connectivity index (χ3n) is 2.79. The van der Waals surface area contributed by atoms with E-state index >= 15 is 0 Å². The number of nitrogen functional groups attached to an aromatic ring is 1. The number of benzene rings is 1. The van der Waals surface area contributed by atoms with Crippen LogP contribution in [-0.4, -0.2) is 19.0 Å². The number of carbonyl (C=O) groups is 1. The number of carbonyl (C=O) groups excluding carboxylic acids is 1. The van der Waals surface area contributed by atoms with Crippen molar-refractivity contribution in [2.45, 2.75) is 19.8 Å². The number of anilines is 3. The Morgan fingerprint density at radius 1 is 1.38 bits per heavy atom. The molecule has 0 radical (unpaired) electrons. The molecule has 3 N–H and O–H groups in total. The van der Waals surface area contributed by atoms with Gasteiger partial charge in [0.2, 0.25) is 5.91 Å². The Morgan fingerprint density at radius 2 is 2.06 bits per heavy atom. The molecule has 1 aromatic carbocycles. The predicted molar refractivity (Wildman–Crippen MR) is 66.6 cm³/mol. The van der Waals surface area contributed by atoms with E-state index in [0.29, 0.717) is 0 Å². The van der Waals surface area contributed by atoms with E-state index in [-0.39, 0.29) is 5.91 Å². The first kappa shape index (κ1) is 10.8. The van der Waals surface area contributed by atoms with Gasteiger partial charge in [0.25, 0.3) is 0 Å². The van der Waals surface area contributed by atoms with Gasteiger partial charge in [-0.05, 0) is 31.0 Å². The lowest BCUT2D eigenvalue weighted by Gasteiger charge is -2.20. The maximum atomic E-state index is 10.9. The van der Waals surface area contributed by atoms with E-state index in [1.165, 1.54) is 19.8 Å². The van der Waals surface area contributed by atoms with Crippen molar-refractivity contribution in [3.8, 4) is 0 Å². The van der Waals surface area contributed by atoms with Crippen LogP contribution >= 0.6 is 0 Å². The quantitative estimate of drug-likeness (QED) is 0.746. The van der Waals surface area contributed by atoms with Gasteiger partial charge in [-0.2, -0.15) is 0 Å². The summed E-state index contributed by atoms with van der Waals surface area (Å²) in [6.07, 6.45) is 2.46. The van der Waals surface area contributed by atoms with Crippen LogP contribution in [0.3, 0.4) is 0 Å². The molecule has 0 saturated carbocycles. The van der Waals surface area contributed by atoms with Crippen LogP contribution in [-0.2, 0) is 4.79 Å². The Bertz CT molecular complexity index is 397. The normalized spacial score (nSPS) is 15.2. The van der Waals surface area contributed by atoms with Gasteiger partial charge in [-0.15, -0.1) is 0 Å². The van der Waals surface area contributed by atoms with Gasteiger partial charge in [0, 0.05) is 25.7 Å². The van der Waals surface area contributed by atoms with Crippen molar-refractivity contribution in [1.82, 2.24) is 0 Å². The highest BCUT2D eigenvalue weighted by molar-refractivity contribution is 5.90. The Kier molecular flexibility index (Phi) is 2.99. The van der Waals surface area contributed by atoms with Crippen LogP contribution in [0.2, 0.25) is 0 Å². The summed E-state index contributed by atoms with van der Waals surface area (Å²) in [5, 5.41) is 2.73. The minimum Gasteiger partial charge on any atom is -0.397 e. The first-order valence-electron chi connectivity index (χ1n) is 5.59. The van der Waals surface area contributed by atoms with Crippen LogP contribution in [0, 0.1) is 0 Å². The molecule has 1 amide bonds. The zero-order chi connectivity index (χ0) is 11.5. The van der Waals surface area contributed by atoms with Gasteiger partial charge < -0.3 is 16.0 Å². The molecule has 86 valence electrons. The molecular formula is C12H17N3O. The Hall–Kier alpha value is -1.71. The number of hydrogen-bond donors (Lipinski definition) is 2. The zero-order valence-electron chi connectivity index (χ0n) is 9.49. The Balaban J connectivity index is 2.18. The van der Waals surface area contributed by atoms with E-state index in [0.717, 1.165) is 30.2 Å². The topological polar surface area (TPSA) is 58.4 Å². The van der Waals surface area contributed by atoms with Crippen LogP contribution in [0.1, 0.15) is 19.8 Å². The molecule has 1 aliphatic rings. The lowest BCUT2D eigenvalue weighted by molar-refractivity contribution is -0.114. The van der Waals surface area contributed by atoms with E-state index < -0.39 is 0 Å². The molecule has 1 heterocycles. The summed E-state index contributed by atoms with van der Waals surface area (Å²) < 4.78 is 0. The van der Waals surface area contributed by atoms with Crippen LogP contribution < -0.4 is 16.0 Å². The van der Waals surface area contributed by atoms with Crippen molar-refractivity contribution >= 4 is 23.0 Å². The second kappa shape index (κ2) is 4.43. The molecule has 1 aromatic rings. The molecule has 2 rings (SSSR count). The number of hydrogen-bond acceptors (Lipinski definition) is 3. The summed E-state index contributed by atoms with van der Waals surface area (Å²) in [5.41, 5.74) is 8.55. The molecular weight excluding hydrogens is 202 g/mol. The summed E-state index contributed by atoms with van der Waals surface area (Å²) in [6, 6.07) is 5.69. The summed E-state index contributed by atoms with van der Waals surface area (Å²) in [7, 11) is 0. The van der Waals surface area contributed by atoms with Crippen LogP contribution in [0.4, 0.5) is 17.1 Å². The van der Waals surface area contributed by atoms with E-state index in [2.05, 4.69) is 10.2 Å². The molecule has 1 saturated heterocycles. The molecule has 0 spiro atoms. The van der Waals surface area contributed by atoms with Gasteiger partial charge in [0.05, 0.1) is 11.4 Å². The van der Waals surface area contributed by atoms with Gasteiger partial charge in [0.15, 0.2) is 0 Å². The van der Waals surface area contributed by atoms with Gasteiger partial charge in [-0.3, -0.25) is 4.79 Å². The number of nitrogens with one attached hydrogen (secondary N) is 1. The zero-order valence-corrected chi connectivity index (χ0v) is 9.49. The molecule has 4 nitrogen and oxygen atoms in total. The monoisotopic (exact) mass is 219 g/mol. The number of nitrogens with zero attached hydrogens (tertiary/aromatic N) is 1. The highest BCUT2D eigenvalue weighted by Gasteiger charge is 2.14. The van der Waals surface area contributed by atoms with E-state index in [1.807, 2.05) is 18.2 Å². The fourth-order valence-corrected chi connectivity index (χ4v) is 2.08. The molecule has 4 heteroatoms. The molecule has 1 aliphatic heterocycles. The third kappa shape index (κ3) is 2.27. The standard InChI is InChI=1S/C12H17N3O/c1-9(16)14-10-4-5-12(11(13)8-10)15-6-2-3-7-15/h4-5,8H,2-3,6-7,13H2,1H3,(H,14,16). The van der Waals surface area contributed by atoms with E-state index in [1.54, 1.807) is 0 Å². The second-order valence-electron chi connectivity index (χ2n) is 4.15. The average molecular weight is 219 g/mol. The average Bonchev–Trinajstić information content (AvgIpc) is 2.69. The van der Waals surface area contributed by atoms with Gasteiger partial charge in [-0.1, -0.05) is 0 Å². The van der Waals surface area contributed by atoms with Gasteiger partial charge in [0.1, 0.15) is 0 Å². The SMILES string of the molecule is CC(=O)Nc1ccc(N2CCCC2)c(N)c1. The van der Waals surface area contributed by atoms with Crippen LogP contribution in [0.15, 0.2) is 18.2 Å². The lowest BCUT2D eigenvalue weighted by atomic mass is 10.2. The van der Waals surface area contributed by atoms with Crippen molar-refractivity contribution in [2.75, 3.05) is 29.0 Å². The molecule has 0 unspecified atom stereocenters. The maximum Gasteiger partial charge on any atom is 0.221 e. The molecule has 16 heavy (non-hydrogen) atoms. The third-order valence-corrected chi connectivity index (χ3v) is 2.79. The largest absolute Gasteiger partial charge is 0.397 e. The Morgan fingerprint density at radius 3 is 2.62 bits per heavy atom. The Labute approximate surface area is 95.4 Å². The summed E-state index contributed by atoms with van der Waals surface area (Å²) in [6.45, 7) is 3.64. The van der Waals surface area contributed by atoms with Crippen molar-refractivity contribution in [3.05, 3.63) is 18.2 Å². The minimum atomic E-state index is -0.0756. The first-order chi connectivity index (χ1) is 7.66. The maximum absolute atomic E-state index is 10.9. The lowest BCUT2D eigenvalue weighted by Crippen LogP contribution is -2.19. The minimum absolute atomic E-state index is 0.0756. The highest BCUT2D eigenvalue weighted by Crippen LogP contribution is 2.29. The molecule has 1 fully saturated rings. The molecule has 0 aliphatic carbocycles. The molecule has 0 aromatic heterocycles. The predicted octanol–water partition coefficient (Wildman–Crippen LogP) is 1.83. The molecule has 0 atom stereocenters. The fraction of sp³-hybridized carbons (Fsp3) is 0.417. The smallest absolute Gasteiger partial charge is 0.221 e. The van der Waals surface area contributed by atoms with Gasteiger partial charge >= 0.3 is 0 Å². The number of nitrogens with two attached hydrogens (primary N) is 1. The fourth-order valence-electron chi connectivity index (χ4n) is 2.08. The van der Waals surface area contributed by atoms with Crippen molar-refractivity contribution in [1.29, 1.82) is 0 Å². The van der Waals surface area contributed by atoms with Gasteiger partial charge in [-0.25, -0.2) is 0 Å². The van der Waals surface area contributed by atoms with Crippen molar-refractivity contribution < 1.29 is 4.79 Å². The van der Waals surface area contributed by atoms with Crippen LogP contribution in [0.5, 0.6) is 0 Å². The van der Waals surface area contributed by atoms with E-state index in [9.17, 15) is 4.79 Å². The molecule has 0 bridgehead atoms. The van der Waals surface area contributed by atoms with Crippen molar-refractivity contribution in [2.24, 2.45) is 0 Å². The van der Waals surface area contributed by atoms with Crippen molar-refractivity contribution in [3.63, 3.8) is 0 Å². The highest BCUT2D eigenvalue weighted by atomic mass is 16.1.